The van der Waals surface area contributed by atoms with Gasteiger partial charge in [0.25, 0.3) is 0 Å². The highest BCUT2D eigenvalue weighted by Crippen LogP contribution is 2.25. The second-order valence-electron chi connectivity index (χ2n) is 3.58. The summed E-state index contributed by atoms with van der Waals surface area (Å²) in [7, 11) is 0. The quantitative estimate of drug-likeness (QED) is 0.614. The molecule has 2 N–H and O–H groups in total. The summed E-state index contributed by atoms with van der Waals surface area (Å²) >= 11 is 0. The topological polar surface area (TPSA) is 58.9 Å². The van der Waals surface area contributed by atoms with Crippen molar-refractivity contribution in [2.24, 2.45) is 0 Å². The van der Waals surface area contributed by atoms with Crippen LogP contribution in [0.1, 0.15) is 13.8 Å². The van der Waals surface area contributed by atoms with Gasteiger partial charge in [0.05, 0.1) is 6.61 Å². The van der Waals surface area contributed by atoms with Crippen LogP contribution in [0.4, 0.5) is 0 Å². The molecule has 3 atom stereocenters. The lowest BCUT2D eigenvalue weighted by Gasteiger charge is -2.22. The van der Waals surface area contributed by atoms with E-state index in [-0.39, 0.29) is 0 Å². The van der Waals surface area contributed by atoms with Gasteiger partial charge < -0.3 is 19.7 Å². The van der Waals surface area contributed by atoms with Crippen LogP contribution in [-0.2, 0) is 9.47 Å². The van der Waals surface area contributed by atoms with E-state index >= 15 is 0 Å². The van der Waals surface area contributed by atoms with E-state index < -0.39 is 24.1 Å². The Kier molecular flexibility index (Phi) is 3.08. The molecule has 1 aliphatic heterocycles. The molecule has 0 aromatic heterocycles. The molecule has 1 saturated heterocycles. The first-order valence-corrected chi connectivity index (χ1v) is 4.27. The fraction of sp³-hybridized carbons (Fsp3) is 0.778. The van der Waals surface area contributed by atoms with Gasteiger partial charge in [-0.1, -0.05) is 6.08 Å². The zero-order valence-electron chi connectivity index (χ0n) is 7.93. The molecule has 0 aliphatic carbocycles. The lowest BCUT2D eigenvalue weighted by Crippen LogP contribution is -2.38. The molecule has 0 saturated carbocycles. The predicted octanol–water partition coefficient (Wildman–Crippen LogP) is 0.0457. The Labute approximate surface area is 77.8 Å². The summed E-state index contributed by atoms with van der Waals surface area (Å²) < 4.78 is 10.6. The summed E-state index contributed by atoms with van der Waals surface area (Å²) in [6.45, 7) is 7.20. The highest BCUT2D eigenvalue weighted by Gasteiger charge is 2.38. The fourth-order valence-electron chi connectivity index (χ4n) is 1.24. The van der Waals surface area contributed by atoms with Gasteiger partial charge in [-0.15, -0.1) is 6.58 Å². The molecule has 76 valence electrons. The van der Waals surface area contributed by atoms with Gasteiger partial charge in [-0.05, 0) is 13.8 Å². The van der Waals surface area contributed by atoms with Gasteiger partial charge in [0.15, 0.2) is 5.79 Å². The average Bonchev–Trinajstić information content (AvgIpc) is 2.43. The van der Waals surface area contributed by atoms with E-state index in [1.807, 2.05) is 0 Å². The summed E-state index contributed by atoms with van der Waals surface area (Å²) in [6.07, 6.45) is -1.15. The van der Waals surface area contributed by atoms with E-state index in [1.165, 1.54) is 6.08 Å². The number of hydrogen-bond acceptors (Lipinski definition) is 4. The minimum atomic E-state index is -0.973. The Morgan fingerprint density at radius 1 is 1.54 bits per heavy atom. The lowest BCUT2D eigenvalue weighted by atomic mass is 10.1. The molecule has 1 aliphatic rings. The van der Waals surface area contributed by atoms with E-state index in [0.717, 1.165) is 0 Å². The zero-order valence-corrected chi connectivity index (χ0v) is 7.93. The van der Waals surface area contributed by atoms with Crippen LogP contribution < -0.4 is 0 Å². The van der Waals surface area contributed by atoms with E-state index in [2.05, 4.69) is 6.58 Å². The second kappa shape index (κ2) is 3.75. The van der Waals surface area contributed by atoms with E-state index in [9.17, 15) is 10.2 Å². The standard InChI is InChI=1S/C9H16O4/c1-4-6(10)8(11)7-5-12-9(2,3)13-7/h4,6-8,10-11H,1,5H2,2-3H3/t6-,7-,8+/m1/s1. The molecule has 0 aromatic carbocycles. The highest BCUT2D eigenvalue weighted by molar-refractivity contribution is 4.90. The van der Waals surface area contributed by atoms with Gasteiger partial charge in [-0.2, -0.15) is 0 Å². The van der Waals surface area contributed by atoms with Crippen molar-refractivity contribution in [1.29, 1.82) is 0 Å². The molecule has 0 bridgehead atoms. The first-order chi connectivity index (χ1) is 5.96. The summed E-state index contributed by atoms with van der Waals surface area (Å²) in [4.78, 5) is 0. The molecule has 4 nitrogen and oxygen atoms in total. The van der Waals surface area contributed by atoms with Crippen LogP contribution in [-0.4, -0.2) is 40.9 Å². The molecule has 0 amide bonds. The maximum atomic E-state index is 9.52. The summed E-state index contributed by atoms with van der Waals surface area (Å²) in [5.41, 5.74) is 0. The van der Waals surface area contributed by atoms with Gasteiger partial charge in [-0.3, -0.25) is 0 Å². The maximum Gasteiger partial charge on any atom is 0.163 e. The number of aliphatic hydroxyl groups is 2. The maximum absolute atomic E-state index is 9.52. The molecule has 0 aromatic rings. The van der Waals surface area contributed by atoms with Crippen LogP contribution in [0.5, 0.6) is 0 Å². The third kappa shape index (κ3) is 2.51. The SMILES string of the molecule is C=C[C@@H](O)[C@H](O)[C@H]1COC(C)(C)O1. The van der Waals surface area contributed by atoms with Gasteiger partial charge in [0, 0.05) is 0 Å². The summed E-state index contributed by atoms with van der Waals surface area (Å²) in [6, 6.07) is 0. The highest BCUT2D eigenvalue weighted by atomic mass is 16.7. The zero-order chi connectivity index (χ0) is 10.1. The molecule has 1 rings (SSSR count). The van der Waals surface area contributed by atoms with Crippen LogP contribution >= 0.6 is 0 Å². The molecular formula is C9H16O4. The second-order valence-corrected chi connectivity index (χ2v) is 3.58. The molecule has 0 radical (unpaired) electrons. The Morgan fingerprint density at radius 3 is 2.54 bits per heavy atom. The lowest BCUT2D eigenvalue weighted by molar-refractivity contribution is -0.157. The Balaban J connectivity index is 2.51. The minimum Gasteiger partial charge on any atom is -0.387 e. The first kappa shape index (κ1) is 10.7. The van der Waals surface area contributed by atoms with Crippen molar-refractivity contribution >= 4 is 0 Å². The number of ether oxygens (including phenoxy) is 2. The largest absolute Gasteiger partial charge is 0.387 e. The Bertz CT molecular complexity index is 190. The van der Waals surface area contributed by atoms with Crippen LogP contribution in [0.3, 0.4) is 0 Å². The number of aliphatic hydroxyl groups excluding tert-OH is 2. The van der Waals surface area contributed by atoms with Crippen molar-refractivity contribution in [3.8, 4) is 0 Å². The van der Waals surface area contributed by atoms with Crippen LogP contribution in [0.2, 0.25) is 0 Å². The smallest absolute Gasteiger partial charge is 0.163 e. The van der Waals surface area contributed by atoms with Gasteiger partial charge in [0.1, 0.15) is 18.3 Å². The number of rotatable bonds is 3. The normalized spacial score (nSPS) is 31.2. The van der Waals surface area contributed by atoms with Gasteiger partial charge in [0.2, 0.25) is 0 Å². The van der Waals surface area contributed by atoms with Crippen molar-refractivity contribution in [2.45, 2.75) is 37.9 Å². The van der Waals surface area contributed by atoms with E-state index in [1.54, 1.807) is 13.8 Å². The first-order valence-electron chi connectivity index (χ1n) is 4.27. The fourth-order valence-corrected chi connectivity index (χ4v) is 1.24. The van der Waals surface area contributed by atoms with Crippen molar-refractivity contribution in [3.05, 3.63) is 12.7 Å². The van der Waals surface area contributed by atoms with Gasteiger partial charge in [-0.25, -0.2) is 0 Å². The average molecular weight is 188 g/mol. The molecule has 0 unspecified atom stereocenters. The van der Waals surface area contributed by atoms with E-state index in [4.69, 9.17) is 9.47 Å². The monoisotopic (exact) mass is 188 g/mol. The number of hydrogen-bond donors (Lipinski definition) is 2. The Morgan fingerprint density at radius 2 is 2.15 bits per heavy atom. The summed E-state index contributed by atoms with van der Waals surface area (Å²) in [5.74, 6) is -0.674. The van der Waals surface area contributed by atoms with Crippen molar-refractivity contribution in [3.63, 3.8) is 0 Å². The van der Waals surface area contributed by atoms with E-state index in [0.29, 0.717) is 6.61 Å². The molecule has 1 fully saturated rings. The third-order valence-electron chi connectivity index (χ3n) is 2.00. The van der Waals surface area contributed by atoms with Crippen LogP contribution in [0, 0.1) is 0 Å². The summed E-state index contributed by atoms with van der Waals surface area (Å²) in [5, 5.41) is 18.8. The van der Waals surface area contributed by atoms with Crippen molar-refractivity contribution in [1.82, 2.24) is 0 Å². The molecule has 1 heterocycles. The van der Waals surface area contributed by atoms with Crippen molar-refractivity contribution < 1.29 is 19.7 Å². The molecule has 13 heavy (non-hydrogen) atoms. The molecular weight excluding hydrogens is 172 g/mol. The van der Waals surface area contributed by atoms with Gasteiger partial charge >= 0.3 is 0 Å². The molecule has 4 heteroatoms. The van der Waals surface area contributed by atoms with Crippen LogP contribution in [0.25, 0.3) is 0 Å². The van der Waals surface area contributed by atoms with Crippen LogP contribution in [0.15, 0.2) is 12.7 Å². The van der Waals surface area contributed by atoms with Crippen molar-refractivity contribution in [2.75, 3.05) is 6.61 Å². The molecule has 0 spiro atoms. The Hall–Kier alpha value is -0.420. The minimum absolute atomic E-state index is 0.291. The predicted molar refractivity (Wildman–Crippen MR) is 47.1 cm³/mol. The third-order valence-corrected chi connectivity index (χ3v) is 2.00.